The van der Waals surface area contributed by atoms with E-state index in [1.54, 1.807) is 18.2 Å². The zero-order valence-corrected chi connectivity index (χ0v) is 12.9. The molecule has 0 aliphatic carbocycles. The number of fused-ring (bicyclic) bond motifs is 1. The molecule has 1 nitrogen and oxygen atoms in total. The molecule has 0 spiro atoms. The first-order valence-electron chi connectivity index (χ1n) is 6.57. The highest BCUT2D eigenvalue weighted by Gasteiger charge is 2.42. The zero-order valence-electron chi connectivity index (χ0n) is 11.3. The van der Waals surface area contributed by atoms with Gasteiger partial charge in [-0.3, -0.25) is 4.79 Å². The van der Waals surface area contributed by atoms with Gasteiger partial charge in [0.2, 0.25) is 0 Å². The number of benzene rings is 2. The molecule has 2 aromatic carbocycles. The summed E-state index contributed by atoms with van der Waals surface area (Å²) in [6.45, 7) is 0. The lowest BCUT2D eigenvalue weighted by atomic mass is 10.0. The maximum atomic E-state index is 13.3. The van der Waals surface area contributed by atoms with Crippen LogP contribution in [0.1, 0.15) is 10.4 Å². The molecule has 0 bridgehead atoms. The SMILES string of the molecule is O=C(C(=C1SCCS1)C(F)(F)F)c1ccc2ccccc2c1. The number of carbonyl (C=O) groups excluding carboxylic acids is 1. The molecule has 1 aliphatic rings. The van der Waals surface area contributed by atoms with Gasteiger partial charge in [-0.1, -0.05) is 36.4 Å². The lowest BCUT2D eigenvalue weighted by molar-refractivity contribution is -0.0887. The van der Waals surface area contributed by atoms with Gasteiger partial charge in [-0.2, -0.15) is 13.2 Å². The number of halogens is 3. The maximum Gasteiger partial charge on any atom is 0.421 e. The van der Waals surface area contributed by atoms with Crippen LogP contribution in [0.3, 0.4) is 0 Å². The lowest BCUT2D eigenvalue weighted by Crippen LogP contribution is -2.21. The monoisotopic (exact) mass is 340 g/mol. The molecule has 2 aromatic rings. The van der Waals surface area contributed by atoms with Gasteiger partial charge in [0, 0.05) is 17.1 Å². The molecule has 1 saturated heterocycles. The second-order valence-electron chi connectivity index (χ2n) is 4.75. The van der Waals surface area contributed by atoms with Crippen molar-refractivity contribution >= 4 is 40.1 Å². The summed E-state index contributed by atoms with van der Waals surface area (Å²) in [5.41, 5.74) is -0.957. The molecule has 3 rings (SSSR count). The molecule has 1 aliphatic heterocycles. The van der Waals surface area contributed by atoms with Gasteiger partial charge in [-0.25, -0.2) is 0 Å². The van der Waals surface area contributed by atoms with E-state index in [2.05, 4.69) is 0 Å². The number of Topliss-reactive ketones (excluding diaryl/α,β-unsaturated/α-hetero) is 1. The number of rotatable bonds is 2. The smallest absolute Gasteiger partial charge is 0.289 e. The van der Waals surface area contributed by atoms with Crippen molar-refractivity contribution in [2.45, 2.75) is 6.18 Å². The highest BCUT2D eigenvalue weighted by Crippen LogP contribution is 2.44. The summed E-state index contributed by atoms with van der Waals surface area (Å²) in [4.78, 5) is 12.4. The zero-order chi connectivity index (χ0) is 15.7. The van der Waals surface area contributed by atoms with Crippen LogP contribution in [0.15, 0.2) is 52.3 Å². The second-order valence-corrected chi connectivity index (χ2v) is 7.22. The average Bonchev–Trinajstić information content (AvgIpc) is 2.99. The van der Waals surface area contributed by atoms with Crippen LogP contribution in [0.2, 0.25) is 0 Å². The third-order valence-corrected chi connectivity index (χ3v) is 5.99. The summed E-state index contributed by atoms with van der Waals surface area (Å²) >= 11 is 2.21. The molecule has 1 heterocycles. The number of allylic oxidation sites excluding steroid dienone is 1. The molecule has 0 unspecified atom stereocenters. The van der Waals surface area contributed by atoms with Crippen LogP contribution >= 0.6 is 23.5 Å². The van der Waals surface area contributed by atoms with Gasteiger partial charge in [0.05, 0.1) is 4.24 Å². The molecule has 22 heavy (non-hydrogen) atoms. The van der Waals surface area contributed by atoms with E-state index in [1.165, 1.54) is 12.1 Å². The van der Waals surface area contributed by atoms with Gasteiger partial charge in [0.25, 0.3) is 0 Å². The first-order chi connectivity index (χ1) is 10.5. The third kappa shape index (κ3) is 3.03. The topological polar surface area (TPSA) is 17.1 Å². The minimum atomic E-state index is -4.64. The van der Waals surface area contributed by atoms with Crippen molar-refractivity contribution in [3.63, 3.8) is 0 Å². The van der Waals surface area contributed by atoms with Crippen molar-refractivity contribution in [2.75, 3.05) is 11.5 Å². The third-order valence-electron chi connectivity index (χ3n) is 3.28. The predicted octanol–water partition coefficient (Wildman–Crippen LogP) is 5.28. The summed E-state index contributed by atoms with van der Waals surface area (Å²) < 4.78 is 40.0. The number of thioether (sulfide) groups is 2. The molecule has 114 valence electrons. The standard InChI is InChI=1S/C16H11F3OS2/c17-16(18,19)13(15-21-7-8-22-15)14(20)12-6-5-10-3-1-2-4-11(10)9-12/h1-6,9H,7-8H2. The fourth-order valence-electron chi connectivity index (χ4n) is 2.27. The lowest BCUT2D eigenvalue weighted by Gasteiger charge is -2.13. The molecule has 0 amide bonds. The maximum absolute atomic E-state index is 13.3. The van der Waals surface area contributed by atoms with E-state index in [0.29, 0.717) is 11.5 Å². The Morgan fingerprint density at radius 1 is 0.955 bits per heavy atom. The molecule has 0 aromatic heterocycles. The number of ketones is 1. The van der Waals surface area contributed by atoms with Crippen molar-refractivity contribution in [2.24, 2.45) is 0 Å². The van der Waals surface area contributed by atoms with Gasteiger partial charge in [0.1, 0.15) is 5.57 Å². The summed E-state index contributed by atoms with van der Waals surface area (Å²) in [5, 5.41) is 1.65. The highest BCUT2D eigenvalue weighted by atomic mass is 32.2. The van der Waals surface area contributed by atoms with Crippen LogP contribution < -0.4 is 0 Å². The number of carbonyl (C=O) groups is 1. The van der Waals surface area contributed by atoms with Crippen LogP contribution in [0.25, 0.3) is 10.8 Å². The van der Waals surface area contributed by atoms with E-state index >= 15 is 0 Å². The Morgan fingerprint density at radius 3 is 2.23 bits per heavy atom. The number of hydrogen-bond acceptors (Lipinski definition) is 3. The largest absolute Gasteiger partial charge is 0.421 e. The first-order valence-corrected chi connectivity index (χ1v) is 8.54. The van der Waals surface area contributed by atoms with E-state index in [1.807, 2.05) is 12.1 Å². The van der Waals surface area contributed by atoms with Crippen molar-refractivity contribution in [3.05, 3.63) is 57.8 Å². The van der Waals surface area contributed by atoms with Crippen LogP contribution in [0, 0.1) is 0 Å². The minimum Gasteiger partial charge on any atom is -0.289 e. The molecular formula is C16H11F3OS2. The van der Waals surface area contributed by atoms with E-state index < -0.39 is 17.5 Å². The fourth-order valence-corrected chi connectivity index (χ4v) is 4.84. The molecule has 6 heteroatoms. The Balaban J connectivity index is 2.07. The molecular weight excluding hydrogens is 329 g/mol. The van der Waals surface area contributed by atoms with Crippen molar-refractivity contribution < 1.29 is 18.0 Å². The van der Waals surface area contributed by atoms with Gasteiger partial charge in [-0.15, -0.1) is 23.5 Å². The molecule has 0 saturated carbocycles. The first kappa shape index (κ1) is 15.5. The molecule has 0 radical (unpaired) electrons. The number of hydrogen-bond donors (Lipinski definition) is 0. The Morgan fingerprint density at radius 2 is 1.59 bits per heavy atom. The van der Waals surface area contributed by atoms with E-state index in [0.717, 1.165) is 34.3 Å². The van der Waals surface area contributed by atoms with Crippen molar-refractivity contribution in [1.82, 2.24) is 0 Å². The summed E-state index contributed by atoms with van der Waals surface area (Å²) in [6.07, 6.45) is -4.64. The van der Waals surface area contributed by atoms with Gasteiger partial charge in [-0.05, 0) is 16.8 Å². The average molecular weight is 340 g/mol. The molecule has 0 atom stereocenters. The summed E-state index contributed by atoms with van der Waals surface area (Å²) in [7, 11) is 0. The van der Waals surface area contributed by atoms with Gasteiger partial charge < -0.3 is 0 Å². The Kier molecular flexibility index (Phi) is 4.23. The summed E-state index contributed by atoms with van der Waals surface area (Å²) in [5.74, 6) is 0.255. The van der Waals surface area contributed by atoms with Crippen LogP contribution in [0.5, 0.6) is 0 Å². The second kappa shape index (κ2) is 6.01. The van der Waals surface area contributed by atoms with Crippen LogP contribution in [-0.2, 0) is 0 Å². The summed E-state index contributed by atoms with van der Waals surface area (Å²) in [6, 6.07) is 11.9. The normalized spacial score (nSPS) is 15.3. The van der Waals surface area contributed by atoms with Gasteiger partial charge >= 0.3 is 6.18 Å². The fraction of sp³-hybridized carbons (Fsp3) is 0.188. The predicted molar refractivity (Wildman–Crippen MR) is 86.3 cm³/mol. The Bertz CT molecular complexity index is 757. The quantitative estimate of drug-likeness (QED) is 0.547. The van der Waals surface area contributed by atoms with E-state index in [9.17, 15) is 18.0 Å². The van der Waals surface area contributed by atoms with Crippen molar-refractivity contribution in [3.8, 4) is 0 Å². The minimum absolute atomic E-state index is 0.0756. The van der Waals surface area contributed by atoms with E-state index in [-0.39, 0.29) is 9.80 Å². The van der Waals surface area contributed by atoms with Gasteiger partial charge in [0.15, 0.2) is 5.78 Å². The highest BCUT2D eigenvalue weighted by molar-refractivity contribution is 8.25. The van der Waals surface area contributed by atoms with Crippen molar-refractivity contribution in [1.29, 1.82) is 0 Å². The molecule has 0 N–H and O–H groups in total. The van der Waals surface area contributed by atoms with E-state index in [4.69, 9.17) is 0 Å². The molecule has 1 fully saturated rings. The number of alkyl halides is 3. The van der Waals surface area contributed by atoms with Crippen LogP contribution in [-0.4, -0.2) is 23.5 Å². The Labute approximate surface area is 134 Å². The Hall–Kier alpha value is -1.40. The van der Waals surface area contributed by atoms with Crippen LogP contribution in [0.4, 0.5) is 13.2 Å².